The molecule has 0 radical (unpaired) electrons. The van der Waals surface area contributed by atoms with Gasteiger partial charge in [-0.1, -0.05) is 24.3 Å². The van der Waals surface area contributed by atoms with Crippen LogP contribution in [0, 0.1) is 13.8 Å². The molecule has 30 heavy (non-hydrogen) atoms. The molecule has 5 nitrogen and oxygen atoms in total. The molecule has 1 aliphatic rings. The number of nitrogens with one attached hydrogen (secondary N) is 1. The summed E-state index contributed by atoms with van der Waals surface area (Å²) in [5.41, 5.74) is 9.07. The number of hydrogen-bond acceptors (Lipinski definition) is 3. The highest BCUT2D eigenvalue weighted by Crippen LogP contribution is 2.41. The van der Waals surface area contributed by atoms with Crippen molar-refractivity contribution < 1.29 is 4.74 Å². The van der Waals surface area contributed by atoms with Crippen molar-refractivity contribution in [2.24, 2.45) is 7.05 Å². The van der Waals surface area contributed by atoms with Crippen LogP contribution in [0.15, 0.2) is 48.8 Å². The Morgan fingerprint density at radius 3 is 2.73 bits per heavy atom. The Kier molecular flexibility index (Phi) is 4.63. The molecule has 2 aromatic carbocycles. The van der Waals surface area contributed by atoms with Crippen LogP contribution in [0.2, 0.25) is 0 Å². The smallest absolute Gasteiger partial charge is 0.122 e. The number of aromatic nitrogens is 3. The zero-order chi connectivity index (χ0) is 20.8. The lowest BCUT2D eigenvalue weighted by Crippen LogP contribution is -2.36. The number of benzene rings is 2. The van der Waals surface area contributed by atoms with E-state index in [-0.39, 0.29) is 6.04 Å². The summed E-state index contributed by atoms with van der Waals surface area (Å²) >= 11 is 0. The topological polar surface area (TPSA) is 46.1 Å². The Labute approximate surface area is 177 Å². The van der Waals surface area contributed by atoms with Crippen molar-refractivity contribution in [2.45, 2.75) is 32.9 Å². The van der Waals surface area contributed by atoms with Crippen LogP contribution in [0.1, 0.15) is 39.6 Å². The van der Waals surface area contributed by atoms with Crippen molar-refractivity contribution in [3.8, 4) is 5.75 Å². The highest BCUT2D eigenvalue weighted by Gasteiger charge is 2.33. The van der Waals surface area contributed by atoms with Gasteiger partial charge in [-0.2, -0.15) is 5.10 Å². The SMILES string of the molecule is COc1ccc(C2c3[nH]c4ccccc4c3CCN2Cc2cnn(C)c2)c(C)c1C. The molecule has 2 aromatic heterocycles. The summed E-state index contributed by atoms with van der Waals surface area (Å²) in [7, 11) is 3.72. The quantitative estimate of drug-likeness (QED) is 0.541. The van der Waals surface area contributed by atoms with E-state index in [2.05, 4.69) is 71.4 Å². The van der Waals surface area contributed by atoms with Crippen LogP contribution in [-0.2, 0) is 20.0 Å². The fraction of sp³-hybridized carbons (Fsp3) is 0.320. The number of ether oxygens (including phenoxy) is 1. The largest absolute Gasteiger partial charge is 0.496 e. The van der Waals surface area contributed by atoms with Gasteiger partial charge in [-0.15, -0.1) is 0 Å². The second-order valence-electron chi connectivity index (χ2n) is 8.32. The normalized spacial score (nSPS) is 16.7. The standard InChI is InChI=1S/C25H28N4O/c1-16-17(2)23(30-4)10-9-19(16)25-24-21(20-7-5-6-8-22(20)27-24)11-12-29(25)15-18-13-26-28(3)14-18/h5-10,13-14,25,27H,11-12,15H2,1-4H3. The van der Waals surface area contributed by atoms with Crippen LogP contribution in [0.5, 0.6) is 5.75 Å². The first-order valence-corrected chi connectivity index (χ1v) is 10.5. The van der Waals surface area contributed by atoms with Crippen LogP contribution in [-0.4, -0.2) is 33.3 Å². The van der Waals surface area contributed by atoms with E-state index >= 15 is 0 Å². The van der Waals surface area contributed by atoms with Crippen LogP contribution >= 0.6 is 0 Å². The van der Waals surface area contributed by atoms with E-state index in [4.69, 9.17) is 4.74 Å². The van der Waals surface area contributed by atoms with Crippen molar-refractivity contribution in [1.29, 1.82) is 0 Å². The summed E-state index contributed by atoms with van der Waals surface area (Å²) in [6.45, 7) is 6.25. The molecule has 4 aromatic rings. The Hall–Kier alpha value is -3.05. The zero-order valence-corrected chi connectivity index (χ0v) is 18.1. The van der Waals surface area contributed by atoms with E-state index in [9.17, 15) is 0 Å². The first-order valence-electron chi connectivity index (χ1n) is 10.5. The molecule has 1 atom stereocenters. The third kappa shape index (κ3) is 3.01. The minimum absolute atomic E-state index is 0.172. The maximum atomic E-state index is 5.58. The van der Waals surface area contributed by atoms with Gasteiger partial charge >= 0.3 is 0 Å². The monoisotopic (exact) mass is 400 g/mol. The molecular weight excluding hydrogens is 372 g/mol. The van der Waals surface area contributed by atoms with E-state index in [1.54, 1.807) is 7.11 Å². The number of H-pyrrole nitrogens is 1. The molecule has 0 spiro atoms. The Morgan fingerprint density at radius 2 is 1.97 bits per heavy atom. The molecule has 1 aliphatic heterocycles. The van der Waals surface area contributed by atoms with E-state index < -0.39 is 0 Å². The maximum Gasteiger partial charge on any atom is 0.122 e. The summed E-state index contributed by atoms with van der Waals surface area (Å²) in [6.07, 6.45) is 5.14. The molecule has 0 saturated carbocycles. The second-order valence-corrected chi connectivity index (χ2v) is 8.32. The molecule has 5 rings (SSSR count). The van der Waals surface area contributed by atoms with Crippen LogP contribution in [0.25, 0.3) is 10.9 Å². The summed E-state index contributed by atoms with van der Waals surface area (Å²) < 4.78 is 7.46. The molecule has 1 N–H and O–H groups in total. The molecule has 154 valence electrons. The molecule has 0 bridgehead atoms. The molecule has 5 heteroatoms. The van der Waals surface area contributed by atoms with Gasteiger partial charge in [0.15, 0.2) is 0 Å². The first kappa shape index (κ1) is 18.9. The Bertz CT molecular complexity index is 1220. The Morgan fingerprint density at radius 1 is 1.13 bits per heavy atom. The molecule has 0 aliphatic carbocycles. The highest BCUT2D eigenvalue weighted by molar-refractivity contribution is 5.85. The third-order valence-electron chi connectivity index (χ3n) is 6.57. The molecule has 0 saturated heterocycles. The van der Waals surface area contributed by atoms with E-state index in [0.29, 0.717) is 0 Å². The van der Waals surface area contributed by atoms with Gasteiger partial charge in [-0.3, -0.25) is 9.58 Å². The van der Waals surface area contributed by atoms with Gasteiger partial charge in [0.25, 0.3) is 0 Å². The van der Waals surface area contributed by atoms with Crippen molar-refractivity contribution >= 4 is 10.9 Å². The molecule has 3 heterocycles. The fourth-order valence-corrected chi connectivity index (χ4v) is 4.94. The van der Waals surface area contributed by atoms with Crippen LogP contribution in [0.4, 0.5) is 0 Å². The third-order valence-corrected chi connectivity index (χ3v) is 6.57. The number of methoxy groups -OCH3 is 1. The minimum Gasteiger partial charge on any atom is -0.496 e. The van der Waals surface area contributed by atoms with Gasteiger partial charge in [-0.25, -0.2) is 0 Å². The molecule has 0 amide bonds. The summed E-state index contributed by atoms with van der Waals surface area (Å²) in [4.78, 5) is 6.34. The van der Waals surface area contributed by atoms with Gasteiger partial charge in [0.1, 0.15) is 5.75 Å². The molecule has 1 unspecified atom stereocenters. The zero-order valence-electron chi connectivity index (χ0n) is 18.1. The average Bonchev–Trinajstić information content (AvgIpc) is 3.33. The van der Waals surface area contributed by atoms with Gasteiger partial charge < -0.3 is 9.72 Å². The number of aromatic amines is 1. The number of para-hydroxylation sites is 1. The fourth-order valence-electron chi connectivity index (χ4n) is 4.94. The molecular formula is C25H28N4O. The predicted octanol–water partition coefficient (Wildman–Crippen LogP) is 4.67. The van der Waals surface area contributed by atoms with Crippen molar-refractivity contribution in [3.05, 3.63) is 82.3 Å². The average molecular weight is 401 g/mol. The second kappa shape index (κ2) is 7.33. The molecule has 0 fully saturated rings. The number of aryl methyl sites for hydroxylation is 1. The van der Waals surface area contributed by atoms with Crippen molar-refractivity contribution in [3.63, 3.8) is 0 Å². The van der Waals surface area contributed by atoms with Crippen LogP contribution < -0.4 is 4.74 Å². The van der Waals surface area contributed by atoms with E-state index in [1.807, 2.05) is 17.9 Å². The van der Waals surface area contributed by atoms with Gasteiger partial charge in [0, 0.05) is 48.5 Å². The lowest BCUT2D eigenvalue weighted by atomic mass is 9.88. The van der Waals surface area contributed by atoms with Gasteiger partial charge in [0.05, 0.1) is 19.3 Å². The Balaban J connectivity index is 1.67. The lowest BCUT2D eigenvalue weighted by molar-refractivity contribution is 0.201. The summed E-state index contributed by atoms with van der Waals surface area (Å²) in [5, 5.41) is 5.73. The maximum absolute atomic E-state index is 5.58. The van der Waals surface area contributed by atoms with Gasteiger partial charge in [0.2, 0.25) is 0 Å². The van der Waals surface area contributed by atoms with E-state index in [0.717, 1.165) is 25.3 Å². The minimum atomic E-state index is 0.172. The van der Waals surface area contributed by atoms with Crippen molar-refractivity contribution in [1.82, 2.24) is 19.7 Å². The van der Waals surface area contributed by atoms with Gasteiger partial charge in [-0.05, 0) is 54.7 Å². The summed E-state index contributed by atoms with van der Waals surface area (Å²) in [6, 6.07) is 13.2. The lowest BCUT2D eigenvalue weighted by Gasteiger charge is -2.37. The van der Waals surface area contributed by atoms with E-state index in [1.165, 1.54) is 44.4 Å². The number of nitrogens with zero attached hydrogens (tertiary/aromatic N) is 3. The first-order chi connectivity index (χ1) is 14.6. The number of rotatable bonds is 4. The predicted molar refractivity (Wildman–Crippen MR) is 120 cm³/mol. The number of fused-ring (bicyclic) bond motifs is 3. The highest BCUT2D eigenvalue weighted by atomic mass is 16.5. The number of hydrogen-bond donors (Lipinski definition) is 1. The van der Waals surface area contributed by atoms with Crippen molar-refractivity contribution in [2.75, 3.05) is 13.7 Å². The summed E-state index contributed by atoms with van der Waals surface area (Å²) in [5.74, 6) is 0.947. The van der Waals surface area contributed by atoms with Crippen LogP contribution in [0.3, 0.4) is 0 Å².